The minimum absolute atomic E-state index is 0.00199. The third kappa shape index (κ3) is 2.77. The van der Waals surface area contributed by atoms with Crippen molar-refractivity contribution in [1.82, 2.24) is 20.0 Å². The van der Waals surface area contributed by atoms with E-state index in [0.29, 0.717) is 29.0 Å². The molecule has 1 atom stereocenters. The van der Waals surface area contributed by atoms with Gasteiger partial charge in [0.1, 0.15) is 5.15 Å². The lowest BCUT2D eigenvalue weighted by Gasteiger charge is -2.32. The molecule has 0 aromatic carbocycles. The summed E-state index contributed by atoms with van der Waals surface area (Å²) in [6, 6.07) is 0.373. The zero-order chi connectivity index (χ0) is 14.0. The Kier molecular flexibility index (Phi) is 4.47. The molecule has 0 aliphatic carbocycles. The first kappa shape index (κ1) is 14.3. The highest BCUT2D eigenvalue weighted by atomic mass is 35.5. The number of aromatic nitrogens is 2. The Balaban J connectivity index is 2.22. The van der Waals surface area contributed by atoms with E-state index in [1.807, 2.05) is 25.8 Å². The molecule has 0 bridgehead atoms. The highest BCUT2D eigenvalue weighted by molar-refractivity contribution is 6.33. The molecule has 0 radical (unpaired) electrons. The number of aryl methyl sites for hydroxylation is 2. The van der Waals surface area contributed by atoms with Crippen LogP contribution < -0.4 is 5.32 Å². The highest BCUT2D eigenvalue weighted by Gasteiger charge is 2.28. The number of nitrogens with one attached hydrogen (secondary N) is 1. The molecule has 6 heteroatoms. The molecule has 1 N–H and O–H groups in total. The van der Waals surface area contributed by atoms with E-state index in [-0.39, 0.29) is 5.91 Å². The zero-order valence-corrected chi connectivity index (χ0v) is 12.5. The molecule has 1 aliphatic heterocycles. The van der Waals surface area contributed by atoms with Gasteiger partial charge in [0, 0.05) is 25.7 Å². The lowest BCUT2D eigenvalue weighted by atomic mass is 10.0. The number of hydrogen-bond acceptors (Lipinski definition) is 3. The molecular weight excluding hydrogens is 264 g/mol. The molecule has 1 fully saturated rings. The molecule has 106 valence electrons. The third-order valence-corrected chi connectivity index (χ3v) is 4.08. The first-order valence-electron chi connectivity index (χ1n) is 6.77. The summed E-state index contributed by atoms with van der Waals surface area (Å²) in [4.78, 5) is 14.5. The Labute approximate surface area is 118 Å². The van der Waals surface area contributed by atoms with E-state index in [2.05, 4.69) is 10.4 Å². The summed E-state index contributed by atoms with van der Waals surface area (Å²) in [7, 11) is 1.94. The SMILES string of the molecule is CCn1nc(C)c(C(=O)N2CCC[C@H](NC)C2)c1Cl. The van der Waals surface area contributed by atoms with Gasteiger partial charge in [-0.15, -0.1) is 0 Å². The van der Waals surface area contributed by atoms with Crippen LogP contribution >= 0.6 is 11.6 Å². The van der Waals surface area contributed by atoms with Gasteiger partial charge in [0.05, 0.1) is 11.3 Å². The number of hydrogen-bond donors (Lipinski definition) is 1. The van der Waals surface area contributed by atoms with Gasteiger partial charge in [-0.1, -0.05) is 11.6 Å². The van der Waals surface area contributed by atoms with Crippen molar-refractivity contribution in [3.63, 3.8) is 0 Å². The Morgan fingerprint density at radius 2 is 2.32 bits per heavy atom. The largest absolute Gasteiger partial charge is 0.337 e. The molecule has 1 amide bonds. The second-order valence-corrected chi connectivity index (χ2v) is 5.30. The number of piperidine rings is 1. The molecule has 5 nitrogen and oxygen atoms in total. The maximum Gasteiger partial charge on any atom is 0.258 e. The molecule has 0 spiro atoms. The Hall–Kier alpha value is -1.07. The molecule has 1 aliphatic rings. The van der Waals surface area contributed by atoms with Crippen LogP contribution in [0, 0.1) is 6.92 Å². The second-order valence-electron chi connectivity index (χ2n) is 4.95. The predicted molar refractivity (Wildman–Crippen MR) is 75.6 cm³/mol. The number of likely N-dealkylation sites (N-methyl/N-ethyl adjacent to an activating group) is 1. The summed E-state index contributed by atoms with van der Waals surface area (Å²) in [5.74, 6) is 0.00199. The second kappa shape index (κ2) is 5.92. The summed E-state index contributed by atoms with van der Waals surface area (Å²) < 4.78 is 1.67. The number of amides is 1. The van der Waals surface area contributed by atoms with Crippen LogP contribution in [0.3, 0.4) is 0 Å². The molecule has 0 saturated carbocycles. The number of carbonyl (C=O) groups is 1. The van der Waals surface area contributed by atoms with Gasteiger partial charge in [-0.05, 0) is 33.7 Å². The minimum Gasteiger partial charge on any atom is -0.337 e. The normalized spacial score (nSPS) is 19.8. The molecule has 1 aromatic heterocycles. The van der Waals surface area contributed by atoms with Crippen molar-refractivity contribution in [1.29, 1.82) is 0 Å². The van der Waals surface area contributed by atoms with E-state index in [1.54, 1.807) is 4.68 Å². The fraction of sp³-hybridized carbons (Fsp3) is 0.692. The van der Waals surface area contributed by atoms with Crippen molar-refractivity contribution in [3.05, 3.63) is 16.4 Å². The maximum atomic E-state index is 12.6. The van der Waals surface area contributed by atoms with E-state index >= 15 is 0 Å². The molecule has 1 aromatic rings. The van der Waals surface area contributed by atoms with E-state index in [4.69, 9.17) is 11.6 Å². The Morgan fingerprint density at radius 1 is 1.58 bits per heavy atom. The smallest absolute Gasteiger partial charge is 0.258 e. The predicted octanol–water partition coefficient (Wildman–Crippen LogP) is 1.69. The van der Waals surface area contributed by atoms with Crippen LogP contribution in [-0.2, 0) is 6.54 Å². The van der Waals surface area contributed by atoms with E-state index in [9.17, 15) is 4.79 Å². The fourth-order valence-corrected chi connectivity index (χ4v) is 2.94. The standard InChI is InChI=1S/C13H21ClN4O/c1-4-18-12(14)11(9(2)16-18)13(19)17-7-5-6-10(8-17)15-3/h10,15H,4-8H2,1-3H3/t10-/m0/s1. The monoisotopic (exact) mass is 284 g/mol. The Morgan fingerprint density at radius 3 is 2.89 bits per heavy atom. The topological polar surface area (TPSA) is 50.2 Å². The summed E-state index contributed by atoms with van der Waals surface area (Å²) >= 11 is 6.25. The summed E-state index contributed by atoms with van der Waals surface area (Å²) in [5.41, 5.74) is 1.27. The van der Waals surface area contributed by atoms with Crippen molar-refractivity contribution in [2.75, 3.05) is 20.1 Å². The van der Waals surface area contributed by atoms with Gasteiger partial charge in [0.25, 0.3) is 5.91 Å². The van der Waals surface area contributed by atoms with Crippen LogP contribution in [-0.4, -0.2) is 46.8 Å². The van der Waals surface area contributed by atoms with Crippen molar-refractivity contribution in [2.45, 2.75) is 39.3 Å². The number of rotatable bonds is 3. The Bertz CT molecular complexity index is 471. The molecule has 19 heavy (non-hydrogen) atoms. The third-order valence-electron chi connectivity index (χ3n) is 3.70. The molecule has 2 rings (SSSR count). The number of likely N-dealkylation sites (tertiary alicyclic amines) is 1. The maximum absolute atomic E-state index is 12.6. The van der Waals surface area contributed by atoms with Crippen molar-refractivity contribution in [2.24, 2.45) is 0 Å². The average molecular weight is 285 g/mol. The molecule has 2 heterocycles. The molecule has 0 unspecified atom stereocenters. The lowest BCUT2D eigenvalue weighted by molar-refractivity contribution is 0.0697. The summed E-state index contributed by atoms with van der Waals surface area (Å²) in [5, 5.41) is 8.00. The minimum atomic E-state index is 0.00199. The van der Waals surface area contributed by atoms with Crippen LogP contribution in [0.4, 0.5) is 0 Å². The first-order chi connectivity index (χ1) is 9.08. The number of halogens is 1. The summed E-state index contributed by atoms with van der Waals surface area (Å²) in [6.07, 6.45) is 2.14. The fourth-order valence-electron chi connectivity index (χ4n) is 2.56. The first-order valence-corrected chi connectivity index (χ1v) is 7.15. The van der Waals surface area contributed by atoms with Gasteiger partial charge in [-0.3, -0.25) is 9.48 Å². The van der Waals surface area contributed by atoms with E-state index in [0.717, 1.165) is 25.9 Å². The van der Waals surface area contributed by atoms with Gasteiger partial charge < -0.3 is 10.2 Å². The van der Waals surface area contributed by atoms with Crippen molar-refractivity contribution >= 4 is 17.5 Å². The molecule has 1 saturated heterocycles. The van der Waals surface area contributed by atoms with Crippen LogP contribution in [0.25, 0.3) is 0 Å². The van der Waals surface area contributed by atoms with Crippen LogP contribution in [0.2, 0.25) is 5.15 Å². The zero-order valence-electron chi connectivity index (χ0n) is 11.7. The number of nitrogens with zero attached hydrogens (tertiary/aromatic N) is 3. The van der Waals surface area contributed by atoms with Crippen LogP contribution in [0.5, 0.6) is 0 Å². The van der Waals surface area contributed by atoms with Gasteiger partial charge in [-0.2, -0.15) is 5.10 Å². The van der Waals surface area contributed by atoms with Crippen molar-refractivity contribution < 1.29 is 4.79 Å². The lowest BCUT2D eigenvalue weighted by Crippen LogP contribution is -2.47. The highest BCUT2D eigenvalue weighted by Crippen LogP contribution is 2.23. The van der Waals surface area contributed by atoms with Gasteiger partial charge >= 0.3 is 0 Å². The van der Waals surface area contributed by atoms with Gasteiger partial charge in [-0.25, -0.2) is 0 Å². The van der Waals surface area contributed by atoms with Gasteiger partial charge in [0.15, 0.2) is 0 Å². The van der Waals surface area contributed by atoms with Crippen LogP contribution in [0.1, 0.15) is 35.8 Å². The number of carbonyl (C=O) groups excluding carboxylic acids is 1. The molecular formula is C13H21ClN4O. The van der Waals surface area contributed by atoms with Gasteiger partial charge in [0.2, 0.25) is 0 Å². The van der Waals surface area contributed by atoms with Crippen LogP contribution in [0.15, 0.2) is 0 Å². The van der Waals surface area contributed by atoms with E-state index < -0.39 is 0 Å². The van der Waals surface area contributed by atoms with E-state index in [1.165, 1.54) is 0 Å². The summed E-state index contributed by atoms with van der Waals surface area (Å²) in [6.45, 7) is 6.01. The average Bonchev–Trinajstić information content (AvgIpc) is 2.72. The van der Waals surface area contributed by atoms with Crippen molar-refractivity contribution in [3.8, 4) is 0 Å². The quantitative estimate of drug-likeness (QED) is 0.919.